The van der Waals surface area contributed by atoms with Crippen molar-refractivity contribution in [2.45, 2.75) is 17.5 Å². The molecule has 2 aromatic carbocycles. The van der Waals surface area contributed by atoms with E-state index in [0.29, 0.717) is 27.5 Å². The van der Waals surface area contributed by atoms with Crippen molar-refractivity contribution in [2.24, 2.45) is 0 Å². The number of aliphatic hydroxyl groups excluding tert-OH is 1. The molecule has 0 radical (unpaired) electrons. The maximum absolute atomic E-state index is 13.3. The van der Waals surface area contributed by atoms with Crippen LogP contribution in [0.15, 0.2) is 35.2 Å². The molecule has 1 heterocycles. The number of thioether (sulfide) groups is 1. The van der Waals surface area contributed by atoms with Gasteiger partial charge in [-0.05, 0) is 30.3 Å². The number of hydrogen-bond acceptors (Lipinski definition) is 5. The lowest BCUT2D eigenvalue weighted by Crippen LogP contribution is -2.39. The number of amides is 1. The van der Waals surface area contributed by atoms with Crippen LogP contribution in [0, 0.1) is 11.6 Å². The van der Waals surface area contributed by atoms with Crippen molar-refractivity contribution in [1.29, 1.82) is 0 Å². The molecule has 27 heavy (non-hydrogen) atoms. The van der Waals surface area contributed by atoms with E-state index in [-0.39, 0.29) is 24.7 Å². The first-order valence-electron chi connectivity index (χ1n) is 8.22. The molecule has 1 aliphatic heterocycles. The second kappa shape index (κ2) is 8.14. The monoisotopic (exact) mass is 395 g/mol. The van der Waals surface area contributed by atoms with Gasteiger partial charge in [-0.2, -0.15) is 0 Å². The number of ether oxygens (including phenoxy) is 2. The van der Waals surface area contributed by atoms with E-state index in [1.807, 2.05) is 0 Å². The quantitative estimate of drug-likeness (QED) is 0.789. The number of carbonyl (C=O) groups is 1. The third-order valence-electron chi connectivity index (χ3n) is 4.40. The van der Waals surface area contributed by atoms with E-state index >= 15 is 0 Å². The molecule has 2 aromatic rings. The van der Waals surface area contributed by atoms with E-state index in [9.17, 15) is 18.7 Å². The van der Waals surface area contributed by atoms with Crippen molar-refractivity contribution in [3.05, 3.63) is 53.1 Å². The highest BCUT2D eigenvalue weighted by molar-refractivity contribution is 8.00. The average molecular weight is 395 g/mol. The molecule has 144 valence electrons. The van der Waals surface area contributed by atoms with Crippen molar-refractivity contribution in [3.8, 4) is 11.5 Å². The Balaban J connectivity index is 1.75. The maximum atomic E-state index is 13.3. The summed E-state index contributed by atoms with van der Waals surface area (Å²) in [5.41, 5.74) is 1.32. The zero-order valence-corrected chi connectivity index (χ0v) is 15.7. The van der Waals surface area contributed by atoms with Crippen molar-refractivity contribution >= 4 is 17.7 Å². The Morgan fingerprint density at radius 2 is 1.89 bits per heavy atom. The van der Waals surface area contributed by atoms with Crippen LogP contribution >= 0.6 is 11.8 Å². The fraction of sp³-hybridized carbons (Fsp3) is 0.316. The van der Waals surface area contributed by atoms with E-state index in [1.165, 1.54) is 25.2 Å². The van der Waals surface area contributed by atoms with Crippen molar-refractivity contribution in [2.75, 3.05) is 26.5 Å². The maximum Gasteiger partial charge on any atom is 0.233 e. The lowest BCUT2D eigenvalue weighted by Gasteiger charge is -2.34. The third-order valence-corrected chi connectivity index (χ3v) is 5.37. The van der Waals surface area contributed by atoms with Crippen LogP contribution in [0.1, 0.15) is 17.2 Å². The number of nitrogens with zero attached hydrogens (tertiary/aromatic N) is 1. The van der Waals surface area contributed by atoms with Gasteiger partial charge in [0.15, 0.2) is 11.6 Å². The molecular formula is C19H19F2NO4S. The van der Waals surface area contributed by atoms with Gasteiger partial charge in [0.1, 0.15) is 17.6 Å². The summed E-state index contributed by atoms with van der Waals surface area (Å²) in [4.78, 5) is 14.6. The molecule has 0 saturated carbocycles. The predicted molar refractivity (Wildman–Crippen MR) is 97.0 cm³/mol. The summed E-state index contributed by atoms with van der Waals surface area (Å²) in [6.45, 7) is 0.387. The molecule has 1 N–H and O–H groups in total. The number of methoxy groups -OCH3 is 2. The molecular weight excluding hydrogens is 376 g/mol. The smallest absolute Gasteiger partial charge is 0.233 e. The SMILES string of the molecule is COc1ccc(OC)c2c1CN(C(=O)CSc1ccc(F)c(F)c1)C[C@@H]2O. The van der Waals surface area contributed by atoms with Gasteiger partial charge in [0.05, 0.1) is 26.5 Å². The van der Waals surface area contributed by atoms with Crippen LogP contribution in [0.25, 0.3) is 0 Å². The van der Waals surface area contributed by atoms with Gasteiger partial charge in [-0.1, -0.05) is 0 Å². The van der Waals surface area contributed by atoms with E-state index < -0.39 is 17.7 Å². The fourth-order valence-corrected chi connectivity index (χ4v) is 3.89. The molecule has 1 aliphatic rings. The third kappa shape index (κ3) is 4.01. The lowest BCUT2D eigenvalue weighted by atomic mass is 9.95. The van der Waals surface area contributed by atoms with Crippen LogP contribution in [0.5, 0.6) is 11.5 Å². The summed E-state index contributed by atoms with van der Waals surface area (Å²) in [7, 11) is 3.04. The zero-order valence-electron chi connectivity index (χ0n) is 14.9. The number of carbonyl (C=O) groups excluding carboxylic acids is 1. The number of aliphatic hydroxyl groups is 1. The van der Waals surface area contributed by atoms with Gasteiger partial charge >= 0.3 is 0 Å². The van der Waals surface area contributed by atoms with E-state index in [2.05, 4.69) is 0 Å². The molecule has 0 saturated heterocycles. The Labute approximate surface area is 159 Å². The minimum Gasteiger partial charge on any atom is -0.496 e. The number of hydrogen-bond donors (Lipinski definition) is 1. The van der Waals surface area contributed by atoms with Crippen LogP contribution < -0.4 is 9.47 Å². The van der Waals surface area contributed by atoms with Gasteiger partial charge < -0.3 is 19.5 Å². The molecule has 8 heteroatoms. The van der Waals surface area contributed by atoms with Gasteiger partial charge in [0.2, 0.25) is 5.91 Å². The number of halogens is 2. The highest BCUT2D eigenvalue weighted by Crippen LogP contribution is 2.39. The fourth-order valence-electron chi connectivity index (χ4n) is 3.07. The van der Waals surface area contributed by atoms with Crippen molar-refractivity contribution in [1.82, 2.24) is 4.90 Å². The summed E-state index contributed by atoms with van der Waals surface area (Å²) in [6, 6.07) is 6.96. The van der Waals surface area contributed by atoms with E-state index in [1.54, 1.807) is 12.1 Å². The Morgan fingerprint density at radius 3 is 2.56 bits per heavy atom. The first kappa shape index (κ1) is 19.4. The van der Waals surface area contributed by atoms with Gasteiger partial charge in [-0.15, -0.1) is 11.8 Å². The van der Waals surface area contributed by atoms with Crippen LogP contribution in [0.4, 0.5) is 8.78 Å². The van der Waals surface area contributed by atoms with Crippen LogP contribution in [-0.2, 0) is 11.3 Å². The van der Waals surface area contributed by atoms with Crippen LogP contribution in [0.3, 0.4) is 0 Å². The molecule has 0 spiro atoms. The van der Waals surface area contributed by atoms with Gasteiger partial charge in [-0.3, -0.25) is 4.79 Å². The predicted octanol–water partition coefficient (Wildman–Crippen LogP) is 3.15. The molecule has 1 atom stereocenters. The summed E-state index contributed by atoms with van der Waals surface area (Å²) in [5, 5.41) is 10.5. The summed E-state index contributed by atoms with van der Waals surface area (Å²) >= 11 is 1.11. The molecule has 0 fully saturated rings. The topological polar surface area (TPSA) is 59.0 Å². The van der Waals surface area contributed by atoms with Crippen LogP contribution in [-0.4, -0.2) is 42.4 Å². The molecule has 0 aromatic heterocycles. The molecule has 0 unspecified atom stereocenters. The molecule has 3 rings (SSSR count). The minimum absolute atomic E-state index is 0.0411. The number of rotatable bonds is 5. The standard InChI is InChI=1S/C19H19F2NO4S/c1-25-16-5-6-17(26-2)19-12(16)8-22(9-15(19)23)18(24)10-27-11-3-4-13(20)14(21)7-11/h3-7,15,23H,8-10H2,1-2H3/t15-/m0/s1. The van der Waals surface area contributed by atoms with Crippen molar-refractivity contribution < 1.29 is 28.2 Å². The minimum atomic E-state index is -0.952. The van der Waals surface area contributed by atoms with Gasteiger partial charge in [-0.25, -0.2) is 8.78 Å². The second-order valence-electron chi connectivity index (χ2n) is 6.02. The summed E-state index contributed by atoms with van der Waals surface area (Å²) < 4.78 is 37.0. The average Bonchev–Trinajstić information content (AvgIpc) is 2.67. The molecule has 1 amide bonds. The first-order valence-corrected chi connectivity index (χ1v) is 9.20. The highest BCUT2D eigenvalue weighted by Gasteiger charge is 2.31. The van der Waals surface area contributed by atoms with Crippen LogP contribution in [0.2, 0.25) is 0 Å². The van der Waals surface area contributed by atoms with Gasteiger partial charge in [0, 0.05) is 22.6 Å². The number of β-amino-alcohol motifs (C(OH)–C–C–N with tert-alkyl or cyclic N) is 1. The van der Waals surface area contributed by atoms with E-state index in [0.717, 1.165) is 23.9 Å². The highest BCUT2D eigenvalue weighted by atomic mass is 32.2. The number of fused-ring (bicyclic) bond motifs is 1. The number of benzene rings is 2. The molecule has 5 nitrogen and oxygen atoms in total. The largest absolute Gasteiger partial charge is 0.496 e. The van der Waals surface area contributed by atoms with Crippen molar-refractivity contribution in [3.63, 3.8) is 0 Å². The summed E-state index contributed by atoms with van der Waals surface area (Å²) in [5.74, 6) is -0.954. The second-order valence-corrected chi connectivity index (χ2v) is 7.07. The Kier molecular flexibility index (Phi) is 5.86. The normalized spacial score (nSPS) is 16.0. The zero-order chi connectivity index (χ0) is 19.6. The van der Waals surface area contributed by atoms with E-state index in [4.69, 9.17) is 9.47 Å². The summed E-state index contributed by atoms with van der Waals surface area (Å²) in [6.07, 6.45) is -0.906. The first-order chi connectivity index (χ1) is 12.9. The Hall–Kier alpha value is -2.32. The Bertz CT molecular complexity index is 862. The lowest BCUT2D eigenvalue weighted by molar-refractivity contribution is -0.131. The van der Waals surface area contributed by atoms with Gasteiger partial charge in [0.25, 0.3) is 0 Å². The molecule has 0 aliphatic carbocycles. The Morgan fingerprint density at radius 1 is 1.19 bits per heavy atom. The molecule has 0 bridgehead atoms.